The smallest absolute Gasteiger partial charge is 0.473 e. The Kier molecular flexibility index (Phi) is 4.24. The Morgan fingerprint density at radius 3 is 1.75 bits per heavy atom. The highest BCUT2D eigenvalue weighted by Gasteiger charge is 2.65. The normalized spacial score (nSPS) is 17.8. The van der Waals surface area contributed by atoms with Gasteiger partial charge in [0.05, 0.1) is 5.56 Å². The van der Waals surface area contributed by atoms with Gasteiger partial charge in [0.1, 0.15) is 5.75 Å². The van der Waals surface area contributed by atoms with Crippen LogP contribution in [0.3, 0.4) is 0 Å². The zero-order valence-electron chi connectivity index (χ0n) is 16.9. The van der Waals surface area contributed by atoms with Crippen molar-refractivity contribution in [1.82, 2.24) is 0 Å². The zero-order chi connectivity index (χ0) is 18.7. The molecule has 1 heterocycles. The van der Waals surface area contributed by atoms with Crippen LogP contribution in [0.4, 0.5) is 0 Å². The van der Waals surface area contributed by atoms with Crippen molar-refractivity contribution in [2.75, 3.05) is 0 Å². The molecular formula is C20H32O3Si. The second-order valence-corrected chi connectivity index (χ2v) is 14.7. The van der Waals surface area contributed by atoms with E-state index in [1.54, 1.807) is 0 Å². The second kappa shape index (κ2) is 5.35. The van der Waals surface area contributed by atoms with Crippen LogP contribution in [-0.4, -0.2) is 14.5 Å². The molecule has 0 fully saturated rings. The summed E-state index contributed by atoms with van der Waals surface area (Å²) in [5.74, 6) is 0.503. The highest BCUT2D eigenvalue weighted by Crippen LogP contribution is 2.55. The van der Waals surface area contributed by atoms with Crippen molar-refractivity contribution >= 4 is 14.5 Å². The Balaban J connectivity index is 2.79. The van der Waals surface area contributed by atoms with E-state index >= 15 is 0 Å². The summed E-state index contributed by atoms with van der Waals surface area (Å²) >= 11 is 0. The minimum Gasteiger partial charge on any atom is -0.510 e. The fraction of sp³-hybridized carbons (Fsp3) is 0.650. The van der Waals surface area contributed by atoms with Crippen molar-refractivity contribution in [2.24, 2.45) is 0 Å². The van der Waals surface area contributed by atoms with Crippen molar-refractivity contribution in [2.45, 2.75) is 84.7 Å². The van der Waals surface area contributed by atoms with Crippen molar-refractivity contribution in [3.63, 3.8) is 0 Å². The maximum absolute atomic E-state index is 13.0. The van der Waals surface area contributed by atoms with Crippen molar-refractivity contribution < 1.29 is 13.6 Å². The Bertz CT molecular complexity index is 656. The van der Waals surface area contributed by atoms with Crippen molar-refractivity contribution in [3.05, 3.63) is 28.8 Å². The number of carbonyl (C=O) groups is 1. The third kappa shape index (κ3) is 2.89. The molecule has 0 saturated heterocycles. The Hall–Kier alpha value is -1.29. The summed E-state index contributed by atoms with van der Waals surface area (Å²) in [6.07, 6.45) is 0. The molecule has 1 aromatic rings. The largest absolute Gasteiger partial charge is 0.510 e. The molecule has 134 valence electrons. The van der Waals surface area contributed by atoms with E-state index in [0.29, 0.717) is 5.56 Å². The molecule has 1 aliphatic rings. The van der Waals surface area contributed by atoms with E-state index in [-0.39, 0.29) is 21.5 Å². The summed E-state index contributed by atoms with van der Waals surface area (Å²) < 4.78 is 12.9. The van der Waals surface area contributed by atoms with Crippen LogP contribution in [0.15, 0.2) is 12.1 Å². The summed E-state index contributed by atoms with van der Waals surface area (Å²) in [6.45, 7) is 21.2. The lowest BCUT2D eigenvalue weighted by atomic mass is 9.84. The van der Waals surface area contributed by atoms with Crippen LogP contribution in [0.5, 0.6) is 5.75 Å². The van der Waals surface area contributed by atoms with Crippen molar-refractivity contribution in [1.29, 1.82) is 0 Å². The number of aryl methyl sites for hydroxylation is 1. The van der Waals surface area contributed by atoms with E-state index in [9.17, 15) is 4.79 Å². The van der Waals surface area contributed by atoms with E-state index in [2.05, 4.69) is 68.4 Å². The molecule has 0 spiro atoms. The molecule has 0 aromatic heterocycles. The monoisotopic (exact) mass is 348 g/mol. The molecule has 2 rings (SSSR count). The van der Waals surface area contributed by atoms with Gasteiger partial charge in [-0.1, -0.05) is 68.4 Å². The highest BCUT2D eigenvalue weighted by molar-refractivity contribution is 6.76. The first-order valence-electron chi connectivity index (χ1n) is 8.68. The number of hydrogen-bond acceptors (Lipinski definition) is 3. The number of rotatable bonds is 0. The summed E-state index contributed by atoms with van der Waals surface area (Å²) in [6, 6.07) is 4.03. The predicted octanol–water partition coefficient (Wildman–Crippen LogP) is 5.88. The van der Waals surface area contributed by atoms with Gasteiger partial charge in [-0.3, -0.25) is 0 Å². The first-order valence-corrected chi connectivity index (χ1v) is 10.5. The summed E-state index contributed by atoms with van der Waals surface area (Å²) in [7, 11) is -2.88. The molecule has 0 N–H and O–H groups in total. The molecule has 24 heavy (non-hydrogen) atoms. The molecule has 0 atom stereocenters. The molecule has 0 amide bonds. The Morgan fingerprint density at radius 2 is 1.33 bits per heavy atom. The standard InChI is InChI=1S/C20H32O3Si/c1-13-11-14-16(15(12-13)18(2,3)4)22-24(19(5,6)7,20(8,9)10)23-17(14)21/h11-12H,1-10H3. The van der Waals surface area contributed by atoms with Crippen LogP contribution < -0.4 is 4.43 Å². The topological polar surface area (TPSA) is 35.5 Å². The Labute approximate surface area is 148 Å². The van der Waals surface area contributed by atoms with Gasteiger partial charge in [0.2, 0.25) is 0 Å². The SMILES string of the molecule is Cc1cc2c(c(C(C)(C)C)c1)O[Si](C(C)(C)C)(C(C)(C)C)OC2=O. The molecule has 0 unspecified atom stereocenters. The van der Waals surface area contributed by atoms with Gasteiger partial charge in [-0.25, -0.2) is 4.79 Å². The van der Waals surface area contributed by atoms with E-state index in [1.807, 2.05) is 13.0 Å². The molecule has 0 bridgehead atoms. The van der Waals surface area contributed by atoms with Crippen LogP contribution in [0.2, 0.25) is 10.1 Å². The first kappa shape index (κ1) is 19.0. The highest BCUT2D eigenvalue weighted by atomic mass is 28.4. The van der Waals surface area contributed by atoms with Crippen LogP contribution in [0.1, 0.15) is 83.8 Å². The molecule has 0 saturated carbocycles. The summed E-state index contributed by atoms with van der Waals surface area (Å²) in [5.41, 5.74) is 2.60. The number of hydrogen-bond donors (Lipinski definition) is 0. The fourth-order valence-corrected chi connectivity index (χ4v) is 8.07. The minimum absolute atomic E-state index is 0.108. The molecule has 1 aliphatic heterocycles. The van der Waals surface area contributed by atoms with Gasteiger partial charge in [0.25, 0.3) is 0 Å². The summed E-state index contributed by atoms with van der Waals surface area (Å²) in [4.78, 5) is 13.0. The molecule has 3 nitrogen and oxygen atoms in total. The molecule has 0 aliphatic carbocycles. The lowest BCUT2D eigenvalue weighted by Crippen LogP contribution is -2.62. The van der Waals surface area contributed by atoms with E-state index in [4.69, 9.17) is 8.85 Å². The summed E-state index contributed by atoms with van der Waals surface area (Å²) in [5, 5.41) is -0.475. The molecular weight excluding hydrogens is 316 g/mol. The van der Waals surface area contributed by atoms with E-state index in [1.165, 1.54) is 0 Å². The third-order valence-corrected chi connectivity index (χ3v) is 9.63. The number of carbonyl (C=O) groups excluding carboxylic acids is 1. The maximum atomic E-state index is 13.0. The van der Waals surface area contributed by atoms with Gasteiger partial charge >= 0.3 is 14.5 Å². The number of fused-ring (bicyclic) bond motifs is 1. The zero-order valence-corrected chi connectivity index (χ0v) is 17.9. The van der Waals surface area contributed by atoms with Gasteiger partial charge in [-0.05, 0) is 29.5 Å². The maximum Gasteiger partial charge on any atom is 0.473 e. The lowest BCUT2D eigenvalue weighted by molar-refractivity contribution is 0.0603. The van der Waals surface area contributed by atoms with Crippen LogP contribution in [0.25, 0.3) is 0 Å². The quantitative estimate of drug-likeness (QED) is 0.549. The average molecular weight is 349 g/mol. The fourth-order valence-electron chi connectivity index (χ4n) is 3.68. The van der Waals surface area contributed by atoms with Gasteiger partial charge in [-0.15, -0.1) is 0 Å². The second-order valence-electron chi connectivity index (χ2n) is 10.0. The lowest BCUT2D eigenvalue weighted by Gasteiger charge is -2.50. The van der Waals surface area contributed by atoms with Crippen LogP contribution in [0, 0.1) is 6.92 Å². The van der Waals surface area contributed by atoms with E-state index in [0.717, 1.165) is 16.9 Å². The van der Waals surface area contributed by atoms with Crippen LogP contribution in [-0.2, 0) is 9.84 Å². The third-order valence-electron chi connectivity index (χ3n) is 4.72. The van der Waals surface area contributed by atoms with Gasteiger partial charge < -0.3 is 8.85 Å². The van der Waals surface area contributed by atoms with Crippen molar-refractivity contribution in [3.8, 4) is 5.75 Å². The Morgan fingerprint density at radius 1 is 0.833 bits per heavy atom. The average Bonchev–Trinajstić information content (AvgIpc) is 2.34. The van der Waals surface area contributed by atoms with Crippen LogP contribution >= 0.6 is 0 Å². The van der Waals surface area contributed by atoms with Gasteiger partial charge in [-0.2, -0.15) is 0 Å². The predicted molar refractivity (Wildman–Crippen MR) is 101 cm³/mol. The van der Waals surface area contributed by atoms with Gasteiger partial charge in [0, 0.05) is 10.1 Å². The van der Waals surface area contributed by atoms with Gasteiger partial charge in [0.15, 0.2) is 0 Å². The molecule has 0 radical (unpaired) electrons. The minimum atomic E-state index is -2.88. The molecule has 4 heteroatoms. The number of benzene rings is 1. The van der Waals surface area contributed by atoms with E-state index < -0.39 is 8.56 Å². The molecule has 1 aromatic carbocycles. The first-order chi connectivity index (χ1) is 10.6.